The van der Waals surface area contributed by atoms with Crippen molar-refractivity contribution in [2.75, 3.05) is 5.32 Å². The molecule has 0 unspecified atom stereocenters. The Hall–Kier alpha value is -2.55. The molecule has 0 aliphatic heterocycles. The number of hydrogen-bond acceptors (Lipinski definition) is 4. The van der Waals surface area contributed by atoms with Crippen LogP contribution in [0.3, 0.4) is 0 Å². The van der Waals surface area contributed by atoms with Gasteiger partial charge in [-0.2, -0.15) is 0 Å². The highest BCUT2D eigenvalue weighted by atomic mass is 127. The Balaban J connectivity index is 2.17. The zero-order valence-electron chi connectivity index (χ0n) is 16.3. The molecule has 0 aliphatic carbocycles. The lowest BCUT2D eigenvalue weighted by Gasteiger charge is -2.25. The topological polar surface area (TPSA) is 95.9 Å². The molecule has 0 radical (unpaired) electrons. The molecule has 7 heteroatoms. The molecule has 0 aromatic heterocycles. The molecule has 2 atom stereocenters. The molecule has 0 saturated heterocycles. The Morgan fingerprint density at radius 1 is 1.21 bits per heavy atom. The van der Waals surface area contributed by atoms with Crippen LogP contribution < -0.4 is 5.32 Å². The van der Waals surface area contributed by atoms with Crippen molar-refractivity contribution >= 4 is 40.3 Å². The van der Waals surface area contributed by atoms with E-state index in [-0.39, 0.29) is 11.7 Å². The lowest BCUT2D eigenvalue weighted by atomic mass is 9.92. The second-order valence-corrected chi connectivity index (χ2v) is 8.06. The number of carbonyl (C=O) groups is 2. The van der Waals surface area contributed by atoms with Crippen molar-refractivity contribution in [3.05, 3.63) is 69.3 Å². The lowest BCUT2D eigenvalue weighted by Crippen LogP contribution is -2.22. The first kappa shape index (κ1) is 22.7. The van der Waals surface area contributed by atoms with Gasteiger partial charge in [0.2, 0.25) is 0 Å². The number of nitrogens with one attached hydrogen (secondary N) is 1. The van der Waals surface area contributed by atoms with Crippen LogP contribution in [0.2, 0.25) is 0 Å². The second kappa shape index (κ2) is 10.8. The summed E-state index contributed by atoms with van der Waals surface area (Å²) in [6.45, 7) is 3.86. The van der Waals surface area contributed by atoms with Crippen LogP contribution in [0.4, 0.5) is 10.5 Å². The third kappa shape index (κ3) is 7.41. The number of aromatic hydroxyl groups is 1. The number of phenolic OH excluding ortho intramolecular Hbond substituents is 1. The maximum Gasteiger partial charge on any atom is 0.412 e. The lowest BCUT2D eigenvalue weighted by molar-refractivity contribution is -0.131. The zero-order chi connectivity index (χ0) is 21.4. The number of allylic oxidation sites excluding steroid dienone is 1. The molecule has 0 spiro atoms. The third-order valence-corrected chi connectivity index (χ3v) is 5.06. The maximum atomic E-state index is 12.5. The number of benzene rings is 2. The van der Waals surface area contributed by atoms with Crippen molar-refractivity contribution in [1.82, 2.24) is 0 Å². The Morgan fingerprint density at radius 2 is 1.90 bits per heavy atom. The highest BCUT2D eigenvalue weighted by Crippen LogP contribution is 2.36. The summed E-state index contributed by atoms with van der Waals surface area (Å²) < 4.78 is 6.60. The number of carbonyl (C=O) groups excluding carboxylic acids is 1. The molecule has 0 bridgehead atoms. The number of ether oxygens (including phenoxy) is 1. The van der Waals surface area contributed by atoms with Gasteiger partial charge in [-0.1, -0.05) is 30.7 Å². The van der Waals surface area contributed by atoms with E-state index in [0.717, 1.165) is 15.2 Å². The van der Waals surface area contributed by atoms with E-state index < -0.39 is 18.2 Å². The molecule has 29 heavy (non-hydrogen) atoms. The van der Waals surface area contributed by atoms with E-state index >= 15 is 0 Å². The van der Waals surface area contributed by atoms with Crippen molar-refractivity contribution in [3.63, 3.8) is 0 Å². The normalized spacial score (nSPS) is 13.1. The first-order chi connectivity index (χ1) is 13.8. The van der Waals surface area contributed by atoms with Crippen molar-refractivity contribution in [2.24, 2.45) is 5.92 Å². The summed E-state index contributed by atoms with van der Waals surface area (Å²) >= 11 is 2.13. The van der Waals surface area contributed by atoms with Crippen LogP contribution in [0.5, 0.6) is 5.75 Å². The van der Waals surface area contributed by atoms with Crippen LogP contribution in [-0.4, -0.2) is 22.3 Å². The van der Waals surface area contributed by atoms with Gasteiger partial charge in [-0.05, 0) is 78.6 Å². The summed E-state index contributed by atoms with van der Waals surface area (Å²) in [6.07, 6.45) is 2.44. The molecule has 2 aromatic carbocycles. The summed E-state index contributed by atoms with van der Waals surface area (Å²) in [6, 6.07) is 12.5. The van der Waals surface area contributed by atoms with E-state index in [1.807, 2.05) is 26.0 Å². The van der Waals surface area contributed by atoms with Gasteiger partial charge in [-0.25, -0.2) is 9.59 Å². The van der Waals surface area contributed by atoms with Gasteiger partial charge in [0.1, 0.15) is 11.9 Å². The molecule has 3 N–H and O–H groups in total. The van der Waals surface area contributed by atoms with Gasteiger partial charge in [0.05, 0.1) is 0 Å². The Kier molecular flexibility index (Phi) is 8.50. The Morgan fingerprint density at radius 3 is 2.55 bits per heavy atom. The molecule has 0 heterocycles. The van der Waals surface area contributed by atoms with Gasteiger partial charge in [-0.15, -0.1) is 0 Å². The number of carboxylic acid groups (broad SMARTS) is 1. The molecule has 1 amide bonds. The average molecular weight is 509 g/mol. The van der Waals surface area contributed by atoms with Gasteiger partial charge >= 0.3 is 12.1 Å². The predicted molar refractivity (Wildman–Crippen MR) is 120 cm³/mol. The standard InChI is InChI=1S/C22H24INO5/c1-14-7-10-17(11-8-14)24-22(28)29-21(15(2)5-3-4-6-20(26)27)18-13-16(23)9-12-19(18)25/h4,6-13,15,21,25H,3,5H2,1-2H3,(H,24,28)(H,26,27)/b6-4+/t15-,21+/m0/s1. The van der Waals surface area contributed by atoms with Crippen LogP contribution in [0.25, 0.3) is 0 Å². The summed E-state index contributed by atoms with van der Waals surface area (Å²) in [4.78, 5) is 23.1. The summed E-state index contributed by atoms with van der Waals surface area (Å²) in [7, 11) is 0. The number of carboxylic acids is 1. The summed E-state index contributed by atoms with van der Waals surface area (Å²) in [5.41, 5.74) is 2.21. The average Bonchev–Trinajstić information content (AvgIpc) is 2.67. The van der Waals surface area contributed by atoms with E-state index in [1.54, 1.807) is 36.4 Å². The maximum absolute atomic E-state index is 12.5. The van der Waals surface area contributed by atoms with Crippen molar-refractivity contribution in [1.29, 1.82) is 0 Å². The largest absolute Gasteiger partial charge is 0.508 e. The Labute approximate surface area is 183 Å². The van der Waals surface area contributed by atoms with Crippen LogP contribution in [0.15, 0.2) is 54.6 Å². The van der Waals surface area contributed by atoms with Crippen molar-refractivity contribution in [2.45, 2.75) is 32.8 Å². The number of rotatable bonds is 8. The van der Waals surface area contributed by atoms with Crippen molar-refractivity contribution in [3.8, 4) is 5.75 Å². The van der Waals surface area contributed by atoms with Crippen LogP contribution in [0.1, 0.15) is 37.0 Å². The smallest absolute Gasteiger partial charge is 0.412 e. The minimum Gasteiger partial charge on any atom is -0.508 e. The number of hydrogen-bond donors (Lipinski definition) is 3. The summed E-state index contributed by atoms with van der Waals surface area (Å²) in [5, 5.41) is 21.7. The number of halogens is 1. The highest BCUT2D eigenvalue weighted by Gasteiger charge is 2.26. The van der Waals surface area contributed by atoms with Crippen LogP contribution >= 0.6 is 22.6 Å². The number of amides is 1. The van der Waals surface area contributed by atoms with E-state index in [9.17, 15) is 14.7 Å². The quantitative estimate of drug-likeness (QED) is 0.316. The molecule has 2 aromatic rings. The fourth-order valence-electron chi connectivity index (χ4n) is 2.83. The van der Waals surface area contributed by atoms with E-state index in [2.05, 4.69) is 27.9 Å². The molecule has 2 rings (SSSR count). The molecular formula is C22H24INO5. The molecule has 0 saturated carbocycles. The minimum absolute atomic E-state index is 0.0477. The third-order valence-electron chi connectivity index (χ3n) is 4.39. The second-order valence-electron chi connectivity index (χ2n) is 6.82. The first-order valence-electron chi connectivity index (χ1n) is 9.18. The zero-order valence-corrected chi connectivity index (χ0v) is 18.4. The van der Waals surface area contributed by atoms with Gasteiger partial charge in [0.25, 0.3) is 0 Å². The van der Waals surface area contributed by atoms with Gasteiger partial charge in [0.15, 0.2) is 0 Å². The fourth-order valence-corrected chi connectivity index (χ4v) is 3.35. The van der Waals surface area contributed by atoms with E-state index in [0.29, 0.717) is 24.1 Å². The SMILES string of the molecule is Cc1ccc(NC(=O)O[C@@H](c2cc(I)ccc2O)[C@@H](C)CC/C=C/C(=O)O)cc1. The highest BCUT2D eigenvalue weighted by molar-refractivity contribution is 14.1. The monoisotopic (exact) mass is 509 g/mol. The number of aliphatic carboxylic acids is 1. The van der Waals surface area contributed by atoms with Gasteiger partial charge in [0, 0.05) is 20.9 Å². The summed E-state index contributed by atoms with van der Waals surface area (Å²) in [5.74, 6) is -1.11. The number of anilines is 1. The van der Waals surface area contributed by atoms with Crippen molar-refractivity contribution < 1.29 is 24.5 Å². The minimum atomic E-state index is -1.00. The molecular weight excluding hydrogens is 485 g/mol. The van der Waals surface area contributed by atoms with Crippen LogP contribution in [0, 0.1) is 16.4 Å². The molecule has 154 valence electrons. The van der Waals surface area contributed by atoms with Gasteiger partial charge < -0.3 is 14.9 Å². The molecule has 6 nitrogen and oxygen atoms in total. The van der Waals surface area contributed by atoms with E-state index in [4.69, 9.17) is 9.84 Å². The van der Waals surface area contributed by atoms with E-state index in [1.165, 1.54) is 0 Å². The van der Waals surface area contributed by atoms with Crippen LogP contribution in [-0.2, 0) is 9.53 Å². The Bertz CT molecular complexity index is 879. The fraction of sp³-hybridized carbons (Fsp3) is 0.273. The predicted octanol–water partition coefficient (Wildman–Crippen LogP) is 5.65. The molecule has 0 fully saturated rings. The number of phenols is 1. The molecule has 0 aliphatic rings. The first-order valence-corrected chi connectivity index (χ1v) is 10.3. The number of aryl methyl sites for hydroxylation is 1. The van der Waals surface area contributed by atoms with Gasteiger partial charge in [-0.3, -0.25) is 5.32 Å².